The van der Waals surface area contributed by atoms with Crippen molar-refractivity contribution >= 4 is 52.7 Å². The average molecular weight is 611 g/mol. The number of H-pyrrole nitrogens is 1. The number of nitrogens with one attached hydrogen (secondary N) is 6. The first-order valence-corrected chi connectivity index (χ1v) is 13.6. The molecule has 1 aromatic heterocycles. The number of hydrogen-bond acceptors (Lipinski definition) is 5. The van der Waals surface area contributed by atoms with E-state index in [0.29, 0.717) is 50.6 Å². The molecule has 1 unspecified atom stereocenters. The van der Waals surface area contributed by atoms with Gasteiger partial charge in [-0.05, 0) is 47.9 Å². The summed E-state index contributed by atoms with van der Waals surface area (Å²) in [7, 11) is 2.79. The molecule has 0 spiro atoms. The van der Waals surface area contributed by atoms with Gasteiger partial charge in [-0.3, -0.25) is 5.32 Å². The molecule has 5 amide bonds. The van der Waals surface area contributed by atoms with Gasteiger partial charge in [0, 0.05) is 35.6 Å². The smallest absolute Gasteiger partial charge is 0.411 e. The van der Waals surface area contributed by atoms with E-state index >= 15 is 0 Å². The summed E-state index contributed by atoms with van der Waals surface area (Å²) >= 11 is 12.7. The maximum atomic E-state index is 13.1. The predicted molar refractivity (Wildman–Crippen MR) is 163 cm³/mol. The van der Waals surface area contributed by atoms with E-state index in [4.69, 9.17) is 28.2 Å². The topological polar surface area (TPSA) is 149 Å². The second-order valence-corrected chi connectivity index (χ2v) is 9.87. The molecule has 0 bridgehead atoms. The number of anilines is 2. The quantitative estimate of drug-likeness (QED) is 0.136. The van der Waals surface area contributed by atoms with Gasteiger partial charge in [-0.15, -0.1) is 0 Å². The van der Waals surface area contributed by atoms with Crippen molar-refractivity contribution in [2.24, 2.45) is 0 Å². The predicted octanol–water partition coefficient (Wildman–Crippen LogP) is 6.10. The molecule has 0 aliphatic rings. The van der Waals surface area contributed by atoms with Crippen LogP contribution in [-0.2, 0) is 17.7 Å². The van der Waals surface area contributed by atoms with Gasteiger partial charge in [-0.1, -0.05) is 65.7 Å². The van der Waals surface area contributed by atoms with E-state index in [0.717, 1.165) is 5.56 Å². The molecular weight excluding hydrogens is 581 g/mol. The van der Waals surface area contributed by atoms with Crippen molar-refractivity contribution in [1.29, 1.82) is 0 Å². The number of carbonyl (C=O) groups excluding carboxylic acids is 3. The van der Waals surface area contributed by atoms with E-state index in [1.165, 1.54) is 14.2 Å². The van der Waals surface area contributed by atoms with Crippen molar-refractivity contribution in [2.75, 3.05) is 24.8 Å². The molecule has 0 radical (unpaired) electrons. The molecule has 11 nitrogen and oxygen atoms in total. The molecular formula is C29H29Cl2N7O4. The van der Waals surface area contributed by atoms with Gasteiger partial charge in [0.1, 0.15) is 16.7 Å². The van der Waals surface area contributed by atoms with Crippen molar-refractivity contribution < 1.29 is 19.1 Å². The van der Waals surface area contributed by atoms with Gasteiger partial charge in [0.15, 0.2) is 0 Å². The van der Waals surface area contributed by atoms with Crippen molar-refractivity contribution in [3.8, 4) is 11.3 Å². The summed E-state index contributed by atoms with van der Waals surface area (Å²) in [6, 6.07) is 20.1. The van der Waals surface area contributed by atoms with Gasteiger partial charge in [-0.25, -0.2) is 19.4 Å². The third-order valence-corrected chi connectivity index (χ3v) is 6.68. The van der Waals surface area contributed by atoms with Crippen molar-refractivity contribution in [3.63, 3.8) is 0 Å². The first-order chi connectivity index (χ1) is 20.2. The molecule has 218 valence electrons. The minimum Gasteiger partial charge on any atom is -0.453 e. The van der Waals surface area contributed by atoms with Crippen LogP contribution >= 0.6 is 23.2 Å². The number of aromatic nitrogens is 2. The Balaban J connectivity index is 1.52. The molecule has 0 fully saturated rings. The van der Waals surface area contributed by atoms with Crippen molar-refractivity contribution in [3.05, 3.63) is 99.9 Å². The third-order valence-electron chi connectivity index (χ3n) is 6.17. The zero-order valence-corrected chi connectivity index (χ0v) is 24.3. The summed E-state index contributed by atoms with van der Waals surface area (Å²) in [4.78, 5) is 44.2. The van der Waals surface area contributed by atoms with Gasteiger partial charge in [0.05, 0.1) is 13.2 Å². The number of halogens is 2. The molecule has 0 saturated carbocycles. The fraction of sp³-hybridized carbons (Fsp3) is 0.172. The van der Waals surface area contributed by atoms with E-state index in [9.17, 15) is 14.4 Å². The van der Waals surface area contributed by atoms with Crippen LogP contribution in [0.2, 0.25) is 10.2 Å². The lowest BCUT2D eigenvalue weighted by Gasteiger charge is -2.18. The molecule has 42 heavy (non-hydrogen) atoms. The van der Waals surface area contributed by atoms with Gasteiger partial charge in [0.25, 0.3) is 0 Å². The molecule has 4 aromatic rings. The number of rotatable bonds is 9. The van der Waals surface area contributed by atoms with Gasteiger partial charge in [-0.2, -0.15) is 0 Å². The second-order valence-electron chi connectivity index (χ2n) is 9.05. The standard InChI is InChI=1S/C29H29Cl2N7O4/c1-32-27(39)35-22-13-10-20(30)15-19(22)16-33-28(40)36-23(14-17-6-4-3-5-7-17)26-37-24(25(31)38-26)18-8-11-21(12-9-18)34-29(41)42-2/h3-13,15,23H,14,16H2,1-2H3,(H,34,41)(H,37,38)(H2,32,35,39)(H2,33,36,40). The SMILES string of the molecule is CNC(=O)Nc1ccc(Cl)cc1CNC(=O)NC(Cc1ccccc1)c1nc(-c2ccc(NC(=O)OC)cc2)c(Cl)[nH]1. The van der Waals surface area contributed by atoms with E-state index < -0.39 is 24.2 Å². The molecule has 6 N–H and O–H groups in total. The summed E-state index contributed by atoms with van der Waals surface area (Å²) < 4.78 is 4.62. The number of nitrogens with zero attached hydrogens (tertiary/aromatic N) is 1. The lowest BCUT2D eigenvalue weighted by Crippen LogP contribution is -2.39. The highest BCUT2D eigenvalue weighted by Crippen LogP contribution is 2.29. The number of imidazole rings is 1. The van der Waals surface area contributed by atoms with Crippen LogP contribution in [-0.4, -0.2) is 42.3 Å². The van der Waals surface area contributed by atoms with Crippen LogP contribution < -0.4 is 26.6 Å². The zero-order chi connectivity index (χ0) is 30.1. The summed E-state index contributed by atoms with van der Waals surface area (Å²) in [5, 5.41) is 14.3. The summed E-state index contributed by atoms with van der Waals surface area (Å²) in [6.45, 7) is 0.0971. The first kappa shape index (κ1) is 30.2. The van der Waals surface area contributed by atoms with Crippen LogP contribution in [0, 0.1) is 0 Å². The number of carbonyl (C=O) groups is 3. The second kappa shape index (κ2) is 14.2. The van der Waals surface area contributed by atoms with Gasteiger partial charge in [0.2, 0.25) is 0 Å². The maximum absolute atomic E-state index is 13.1. The van der Waals surface area contributed by atoms with Gasteiger partial charge < -0.3 is 31.0 Å². The number of hydrogen-bond donors (Lipinski definition) is 6. The molecule has 13 heteroatoms. The fourth-order valence-electron chi connectivity index (χ4n) is 4.07. The third kappa shape index (κ3) is 8.15. The minimum absolute atomic E-state index is 0.0971. The Labute approximate surface area is 252 Å². The number of ether oxygens (including phenoxy) is 1. The largest absolute Gasteiger partial charge is 0.453 e. The minimum atomic E-state index is -0.578. The molecule has 1 atom stereocenters. The number of urea groups is 2. The molecule has 4 rings (SSSR count). The number of aromatic amines is 1. The molecule has 0 aliphatic heterocycles. The van der Waals surface area contributed by atoms with Crippen molar-refractivity contribution in [1.82, 2.24) is 25.9 Å². The molecule has 0 aliphatic carbocycles. The Bertz CT molecular complexity index is 1550. The number of benzene rings is 3. The summed E-state index contributed by atoms with van der Waals surface area (Å²) in [5.74, 6) is 0.454. The van der Waals surface area contributed by atoms with Crippen LogP contribution in [0.1, 0.15) is 23.0 Å². The highest BCUT2D eigenvalue weighted by molar-refractivity contribution is 6.32. The van der Waals surface area contributed by atoms with Crippen molar-refractivity contribution in [2.45, 2.75) is 19.0 Å². The lowest BCUT2D eigenvalue weighted by atomic mass is 10.1. The Kier molecular flexibility index (Phi) is 10.2. The lowest BCUT2D eigenvalue weighted by molar-refractivity contribution is 0.187. The van der Waals surface area contributed by atoms with E-state index in [2.05, 4.69) is 36.3 Å². The van der Waals surface area contributed by atoms with E-state index in [1.807, 2.05) is 30.3 Å². The molecule has 3 aromatic carbocycles. The van der Waals surface area contributed by atoms with Gasteiger partial charge >= 0.3 is 18.2 Å². The zero-order valence-electron chi connectivity index (χ0n) is 22.8. The Morgan fingerprint density at radius 3 is 2.38 bits per heavy atom. The Hall–Kier alpha value is -4.74. The number of methoxy groups -OCH3 is 1. The maximum Gasteiger partial charge on any atom is 0.411 e. The molecule has 0 saturated heterocycles. The summed E-state index contributed by atoms with van der Waals surface area (Å²) in [5.41, 5.74) is 3.84. The number of amides is 5. The monoisotopic (exact) mass is 609 g/mol. The highest BCUT2D eigenvalue weighted by atomic mass is 35.5. The van der Waals surface area contributed by atoms with E-state index in [1.54, 1.807) is 42.5 Å². The Morgan fingerprint density at radius 1 is 0.952 bits per heavy atom. The average Bonchev–Trinajstić information content (AvgIpc) is 3.39. The van der Waals surface area contributed by atoms with Crippen LogP contribution in [0.15, 0.2) is 72.8 Å². The van der Waals surface area contributed by atoms with Crippen LogP contribution in [0.25, 0.3) is 11.3 Å². The fourth-order valence-corrected chi connectivity index (χ4v) is 4.51. The first-order valence-electron chi connectivity index (χ1n) is 12.8. The normalized spacial score (nSPS) is 11.2. The summed E-state index contributed by atoms with van der Waals surface area (Å²) in [6.07, 6.45) is -0.148. The van der Waals surface area contributed by atoms with Crippen LogP contribution in [0.3, 0.4) is 0 Å². The van der Waals surface area contributed by atoms with E-state index in [-0.39, 0.29) is 6.54 Å². The highest BCUT2D eigenvalue weighted by Gasteiger charge is 2.22. The van der Waals surface area contributed by atoms with Crippen LogP contribution in [0.5, 0.6) is 0 Å². The van der Waals surface area contributed by atoms with Crippen LogP contribution in [0.4, 0.5) is 25.8 Å². The molecule has 1 heterocycles. The Morgan fingerprint density at radius 2 is 1.69 bits per heavy atom.